The quantitative estimate of drug-likeness (QED) is 0.883. The van der Waals surface area contributed by atoms with E-state index in [9.17, 15) is 4.39 Å². The molecule has 0 bridgehead atoms. The van der Waals surface area contributed by atoms with E-state index in [1.165, 1.54) is 19.3 Å². The molecule has 3 heteroatoms. The summed E-state index contributed by atoms with van der Waals surface area (Å²) in [5.41, 5.74) is 0.845. The van der Waals surface area contributed by atoms with E-state index < -0.39 is 0 Å². The molecule has 0 aromatic heterocycles. The standard InChI is InChI=1S/C15H21BrFN/c1-10-3-6-15(18-2)12(7-10)8-11-4-5-13(16)9-14(11)17/h4-5,9-10,12,15,18H,3,6-8H2,1-2H3. The van der Waals surface area contributed by atoms with Crippen LogP contribution in [0.1, 0.15) is 31.7 Å². The molecular weight excluding hydrogens is 293 g/mol. The Kier molecular flexibility index (Phi) is 4.79. The third-order valence-electron chi connectivity index (χ3n) is 4.11. The number of hydrogen-bond donors (Lipinski definition) is 1. The minimum Gasteiger partial charge on any atom is -0.317 e. The highest BCUT2D eigenvalue weighted by molar-refractivity contribution is 9.10. The van der Waals surface area contributed by atoms with E-state index in [2.05, 4.69) is 28.2 Å². The Hall–Kier alpha value is -0.410. The lowest BCUT2D eigenvalue weighted by molar-refractivity contribution is 0.219. The van der Waals surface area contributed by atoms with Crippen molar-refractivity contribution in [1.82, 2.24) is 5.32 Å². The predicted molar refractivity (Wildman–Crippen MR) is 77.2 cm³/mol. The van der Waals surface area contributed by atoms with Crippen LogP contribution in [0.25, 0.3) is 0 Å². The predicted octanol–water partition coefficient (Wildman–Crippen LogP) is 4.15. The molecule has 1 aliphatic carbocycles. The van der Waals surface area contributed by atoms with Gasteiger partial charge < -0.3 is 5.32 Å². The van der Waals surface area contributed by atoms with Crippen LogP contribution in [0, 0.1) is 17.7 Å². The Morgan fingerprint density at radius 2 is 2.17 bits per heavy atom. The maximum Gasteiger partial charge on any atom is 0.127 e. The molecule has 1 aromatic rings. The van der Waals surface area contributed by atoms with E-state index >= 15 is 0 Å². The van der Waals surface area contributed by atoms with Gasteiger partial charge in [-0.15, -0.1) is 0 Å². The zero-order valence-electron chi connectivity index (χ0n) is 11.0. The molecular formula is C15H21BrFN. The van der Waals surface area contributed by atoms with Gasteiger partial charge in [0.25, 0.3) is 0 Å². The lowest BCUT2D eigenvalue weighted by atomic mass is 9.76. The number of hydrogen-bond acceptors (Lipinski definition) is 1. The molecule has 0 saturated heterocycles. The van der Waals surface area contributed by atoms with Crippen molar-refractivity contribution < 1.29 is 4.39 Å². The molecule has 0 aliphatic heterocycles. The Balaban J connectivity index is 2.10. The maximum absolute atomic E-state index is 13.9. The van der Waals surface area contributed by atoms with Crippen molar-refractivity contribution in [3.05, 3.63) is 34.1 Å². The van der Waals surface area contributed by atoms with Crippen LogP contribution in [0.3, 0.4) is 0 Å². The first kappa shape index (κ1) is 14.0. The van der Waals surface area contributed by atoms with Crippen molar-refractivity contribution in [3.8, 4) is 0 Å². The van der Waals surface area contributed by atoms with Crippen molar-refractivity contribution >= 4 is 15.9 Å². The third kappa shape index (κ3) is 3.33. The largest absolute Gasteiger partial charge is 0.317 e. The first-order valence-electron chi connectivity index (χ1n) is 6.71. The third-order valence-corrected chi connectivity index (χ3v) is 4.61. The first-order chi connectivity index (χ1) is 8.60. The van der Waals surface area contributed by atoms with Gasteiger partial charge in [0.05, 0.1) is 0 Å². The molecule has 1 aromatic carbocycles. The van der Waals surface area contributed by atoms with Crippen molar-refractivity contribution in [1.29, 1.82) is 0 Å². The van der Waals surface area contributed by atoms with Gasteiger partial charge in [0.2, 0.25) is 0 Å². The van der Waals surface area contributed by atoms with Crippen LogP contribution in [0.5, 0.6) is 0 Å². The smallest absolute Gasteiger partial charge is 0.127 e. The van der Waals surface area contributed by atoms with Gasteiger partial charge in [0.15, 0.2) is 0 Å². The van der Waals surface area contributed by atoms with Crippen molar-refractivity contribution in [2.24, 2.45) is 11.8 Å². The maximum atomic E-state index is 13.9. The van der Waals surface area contributed by atoms with E-state index in [-0.39, 0.29) is 5.82 Å². The van der Waals surface area contributed by atoms with Crippen LogP contribution in [0.4, 0.5) is 4.39 Å². The van der Waals surface area contributed by atoms with Gasteiger partial charge in [-0.25, -0.2) is 4.39 Å². The zero-order valence-corrected chi connectivity index (χ0v) is 12.6. The van der Waals surface area contributed by atoms with Gasteiger partial charge >= 0.3 is 0 Å². The van der Waals surface area contributed by atoms with Gasteiger partial charge in [-0.1, -0.05) is 28.9 Å². The normalized spacial score (nSPS) is 28.3. The Labute approximate surface area is 117 Å². The lowest BCUT2D eigenvalue weighted by Gasteiger charge is -2.35. The van der Waals surface area contributed by atoms with E-state index in [1.54, 1.807) is 6.07 Å². The minimum atomic E-state index is -0.0857. The zero-order chi connectivity index (χ0) is 13.1. The summed E-state index contributed by atoms with van der Waals surface area (Å²) in [6, 6.07) is 5.93. The van der Waals surface area contributed by atoms with Crippen molar-refractivity contribution in [2.75, 3.05) is 7.05 Å². The summed E-state index contributed by atoms with van der Waals surface area (Å²) < 4.78 is 14.7. The molecule has 1 N–H and O–H groups in total. The van der Waals surface area contributed by atoms with Gasteiger partial charge in [-0.3, -0.25) is 0 Å². The fourth-order valence-corrected chi connectivity index (χ4v) is 3.41. The summed E-state index contributed by atoms with van der Waals surface area (Å²) in [4.78, 5) is 0. The summed E-state index contributed by atoms with van der Waals surface area (Å²) >= 11 is 3.30. The molecule has 1 aliphatic rings. The summed E-state index contributed by atoms with van der Waals surface area (Å²) in [5, 5.41) is 3.39. The fraction of sp³-hybridized carbons (Fsp3) is 0.600. The highest BCUT2D eigenvalue weighted by atomic mass is 79.9. The van der Waals surface area contributed by atoms with Crippen molar-refractivity contribution in [2.45, 2.75) is 38.6 Å². The molecule has 0 spiro atoms. The highest BCUT2D eigenvalue weighted by Crippen LogP contribution is 2.32. The molecule has 2 rings (SSSR count). The second kappa shape index (κ2) is 6.16. The molecule has 3 atom stereocenters. The first-order valence-corrected chi connectivity index (χ1v) is 7.50. The second-order valence-corrected chi connectivity index (χ2v) is 6.43. The lowest BCUT2D eigenvalue weighted by Crippen LogP contribution is -2.39. The number of benzene rings is 1. The van der Waals surface area contributed by atoms with E-state index in [4.69, 9.17) is 0 Å². The van der Waals surface area contributed by atoms with Gasteiger partial charge in [-0.05, 0) is 62.3 Å². The highest BCUT2D eigenvalue weighted by Gasteiger charge is 2.28. The molecule has 1 fully saturated rings. The second-order valence-electron chi connectivity index (χ2n) is 5.51. The molecule has 1 saturated carbocycles. The van der Waals surface area contributed by atoms with E-state index in [1.807, 2.05) is 19.2 Å². The van der Waals surface area contributed by atoms with Gasteiger partial charge in [0, 0.05) is 10.5 Å². The Bertz CT molecular complexity index is 407. The fourth-order valence-electron chi connectivity index (χ4n) is 3.07. The summed E-state index contributed by atoms with van der Waals surface area (Å²) in [7, 11) is 2.02. The molecule has 0 amide bonds. The molecule has 0 heterocycles. The average molecular weight is 314 g/mol. The summed E-state index contributed by atoms with van der Waals surface area (Å²) in [5.74, 6) is 1.23. The number of rotatable bonds is 3. The van der Waals surface area contributed by atoms with Crippen LogP contribution in [-0.2, 0) is 6.42 Å². The van der Waals surface area contributed by atoms with Crippen LogP contribution < -0.4 is 5.32 Å². The molecule has 100 valence electrons. The van der Waals surface area contributed by atoms with Crippen LogP contribution in [-0.4, -0.2) is 13.1 Å². The summed E-state index contributed by atoms with van der Waals surface area (Å²) in [6.45, 7) is 2.30. The Morgan fingerprint density at radius 3 is 2.83 bits per heavy atom. The molecule has 3 unspecified atom stereocenters. The van der Waals surface area contributed by atoms with E-state index in [0.29, 0.717) is 12.0 Å². The molecule has 18 heavy (non-hydrogen) atoms. The summed E-state index contributed by atoms with van der Waals surface area (Å²) in [6.07, 6.45) is 4.53. The van der Waals surface area contributed by atoms with Crippen LogP contribution >= 0.6 is 15.9 Å². The van der Waals surface area contributed by atoms with Crippen molar-refractivity contribution in [3.63, 3.8) is 0 Å². The van der Waals surface area contributed by atoms with Gasteiger partial charge in [0.1, 0.15) is 5.82 Å². The number of halogens is 2. The van der Waals surface area contributed by atoms with Crippen LogP contribution in [0.15, 0.2) is 22.7 Å². The molecule has 0 radical (unpaired) electrons. The number of nitrogens with one attached hydrogen (secondary N) is 1. The van der Waals surface area contributed by atoms with E-state index in [0.717, 1.165) is 22.4 Å². The topological polar surface area (TPSA) is 12.0 Å². The average Bonchev–Trinajstić information content (AvgIpc) is 2.33. The monoisotopic (exact) mass is 313 g/mol. The van der Waals surface area contributed by atoms with Gasteiger partial charge in [-0.2, -0.15) is 0 Å². The SMILES string of the molecule is CNC1CCC(C)CC1Cc1ccc(Br)cc1F. The minimum absolute atomic E-state index is 0.0857. The molecule has 1 nitrogen and oxygen atoms in total. The Morgan fingerprint density at radius 1 is 1.39 bits per heavy atom. The van der Waals surface area contributed by atoms with Crippen LogP contribution in [0.2, 0.25) is 0 Å².